The van der Waals surface area contributed by atoms with E-state index in [2.05, 4.69) is 0 Å². The van der Waals surface area contributed by atoms with Gasteiger partial charge in [0.2, 0.25) is 11.8 Å². The number of hydrogen-bond donors (Lipinski definition) is 1. The summed E-state index contributed by atoms with van der Waals surface area (Å²) in [5, 5.41) is -0.593. The van der Waals surface area contributed by atoms with Gasteiger partial charge in [0.15, 0.2) is 0 Å². The van der Waals surface area contributed by atoms with Crippen LogP contribution in [0.2, 0.25) is 0 Å². The second-order valence-corrected chi connectivity index (χ2v) is 4.64. The first-order chi connectivity index (χ1) is 7.02. The molecule has 5 heteroatoms. The van der Waals surface area contributed by atoms with Crippen molar-refractivity contribution < 1.29 is 9.59 Å². The van der Waals surface area contributed by atoms with Gasteiger partial charge in [-0.2, -0.15) is 0 Å². The molecule has 1 fully saturated rings. The van der Waals surface area contributed by atoms with Crippen LogP contribution in [-0.4, -0.2) is 34.7 Å². The lowest BCUT2D eigenvalue weighted by molar-refractivity contribution is -0.136. The molecule has 1 aliphatic carbocycles. The van der Waals surface area contributed by atoms with Gasteiger partial charge in [-0.25, -0.2) is 0 Å². The minimum atomic E-state index is -0.593. The number of amides is 2. The highest BCUT2D eigenvalue weighted by Gasteiger charge is 2.29. The minimum absolute atomic E-state index is 0.0133. The summed E-state index contributed by atoms with van der Waals surface area (Å²) >= 11 is 5.74. The SMILES string of the molecule is CC(Cl)C(=O)N(CC(N)=O)C1CCCC1. The summed E-state index contributed by atoms with van der Waals surface area (Å²) in [7, 11) is 0. The molecule has 0 spiro atoms. The predicted molar refractivity (Wildman–Crippen MR) is 58.5 cm³/mol. The average molecular weight is 233 g/mol. The number of rotatable bonds is 4. The van der Waals surface area contributed by atoms with Gasteiger partial charge in [0, 0.05) is 6.04 Å². The van der Waals surface area contributed by atoms with Gasteiger partial charge >= 0.3 is 0 Å². The molecular weight excluding hydrogens is 216 g/mol. The summed E-state index contributed by atoms with van der Waals surface area (Å²) in [4.78, 5) is 24.2. The molecule has 0 aromatic heterocycles. The van der Waals surface area contributed by atoms with Crippen molar-refractivity contribution in [3.05, 3.63) is 0 Å². The molecule has 1 atom stereocenters. The number of nitrogens with two attached hydrogens (primary N) is 1. The lowest BCUT2D eigenvalue weighted by Gasteiger charge is -2.28. The number of primary amides is 1. The van der Waals surface area contributed by atoms with Crippen LogP contribution in [0.1, 0.15) is 32.6 Å². The van der Waals surface area contributed by atoms with Crippen molar-refractivity contribution >= 4 is 23.4 Å². The zero-order valence-electron chi connectivity index (χ0n) is 8.91. The Labute approximate surface area is 94.7 Å². The number of halogens is 1. The lowest BCUT2D eigenvalue weighted by atomic mass is 10.2. The van der Waals surface area contributed by atoms with Crippen LogP contribution in [0.15, 0.2) is 0 Å². The Bertz CT molecular complexity index is 250. The normalized spacial score (nSPS) is 18.8. The molecule has 86 valence electrons. The van der Waals surface area contributed by atoms with Gasteiger partial charge in [0.05, 0.1) is 6.54 Å². The van der Waals surface area contributed by atoms with Crippen molar-refractivity contribution in [2.24, 2.45) is 5.73 Å². The number of carbonyl (C=O) groups excluding carboxylic acids is 2. The molecule has 0 heterocycles. The van der Waals surface area contributed by atoms with E-state index in [1.165, 1.54) is 4.90 Å². The number of alkyl halides is 1. The maximum absolute atomic E-state index is 11.8. The minimum Gasteiger partial charge on any atom is -0.368 e. The Hall–Kier alpha value is -0.770. The molecule has 1 saturated carbocycles. The third kappa shape index (κ3) is 3.38. The van der Waals surface area contributed by atoms with Gasteiger partial charge in [0.1, 0.15) is 5.38 Å². The van der Waals surface area contributed by atoms with Gasteiger partial charge in [-0.05, 0) is 19.8 Å². The molecule has 1 aliphatic rings. The quantitative estimate of drug-likeness (QED) is 0.731. The summed E-state index contributed by atoms with van der Waals surface area (Å²) in [5.41, 5.74) is 5.12. The molecule has 4 nitrogen and oxygen atoms in total. The van der Waals surface area contributed by atoms with Crippen molar-refractivity contribution in [3.8, 4) is 0 Å². The van der Waals surface area contributed by atoms with Gasteiger partial charge in [-0.1, -0.05) is 12.8 Å². The maximum atomic E-state index is 11.8. The molecule has 0 bridgehead atoms. The maximum Gasteiger partial charge on any atom is 0.241 e. The first-order valence-electron chi connectivity index (χ1n) is 5.25. The van der Waals surface area contributed by atoms with Crippen molar-refractivity contribution in [1.29, 1.82) is 0 Å². The average Bonchev–Trinajstić information content (AvgIpc) is 2.65. The molecule has 0 aromatic rings. The van der Waals surface area contributed by atoms with Crippen LogP contribution < -0.4 is 5.73 Å². The third-order valence-electron chi connectivity index (χ3n) is 2.72. The van der Waals surface area contributed by atoms with Gasteiger partial charge in [-0.3, -0.25) is 9.59 Å². The van der Waals surface area contributed by atoms with E-state index in [1.807, 2.05) is 0 Å². The molecule has 1 unspecified atom stereocenters. The van der Waals surface area contributed by atoms with Crippen molar-refractivity contribution in [2.45, 2.75) is 44.0 Å². The Kier molecular flexibility index (Phi) is 4.39. The molecule has 0 aromatic carbocycles. The Balaban J connectivity index is 2.67. The van der Waals surface area contributed by atoms with E-state index >= 15 is 0 Å². The fourth-order valence-corrected chi connectivity index (χ4v) is 2.12. The summed E-state index contributed by atoms with van der Waals surface area (Å²) in [5.74, 6) is -0.671. The molecular formula is C10H17ClN2O2. The van der Waals surface area contributed by atoms with Crippen LogP contribution in [0.25, 0.3) is 0 Å². The Morgan fingerprint density at radius 2 is 2.00 bits per heavy atom. The summed E-state index contributed by atoms with van der Waals surface area (Å²) in [6, 6.07) is 0.145. The first-order valence-corrected chi connectivity index (χ1v) is 5.69. The van der Waals surface area contributed by atoms with E-state index in [1.54, 1.807) is 6.92 Å². The molecule has 2 amide bonds. The van der Waals surface area contributed by atoms with E-state index in [0.29, 0.717) is 0 Å². The van der Waals surface area contributed by atoms with Gasteiger partial charge in [-0.15, -0.1) is 11.6 Å². The number of nitrogens with zero attached hydrogens (tertiary/aromatic N) is 1. The molecule has 0 aliphatic heterocycles. The Morgan fingerprint density at radius 1 is 1.47 bits per heavy atom. The second kappa shape index (κ2) is 5.35. The zero-order chi connectivity index (χ0) is 11.4. The highest BCUT2D eigenvalue weighted by Crippen LogP contribution is 2.24. The van der Waals surface area contributed by atoms with Gasteiger partial charge in [0.25, 0.3) is 0 Å². The first kappa shape index (κ1) is 12.3. The van der Waals surface area contributed by atoms with Crippen molar-refractivity contribution in [1.82, 2.24) is 4.90 Å². The topological polar surface area (TPSA) is 63.4 Å². The summed E-state index contributed by atoms with van der Waals surface area (Å²) < 4.78 is 0. The predicted octanol–water partition coefficient (Wildman–Crippen LogP) is 0.870. The fraction of sp³-hybridized carbons (Fsp3) is 0.800. The number of carbonyl (C=O) groups is 2. The zero-order valence-corrected chi connectivity index (χ0v) is 9.67. The Morgan fingerprint density at radius 3 is 2.40 bits per heavy atom. The standard InChI is InChI=1S/C10H17ClN2O2/c1-7(11)10(15)13(6-9(12)14)8-4-2-3-5-8/h7-8H,2-6H2,1H3,(H2,12,14). The highest BCUT2D eigenvalue weighted by atomic mass is 35.5. The monoisotopic (exact) mass is 232 g/mol. The smallest absolute Gasteiger partial charge is 0.241 e. The van der Waals surface area contributed by atoms with E-state index in [-0.39, 0.29) is 18.5 Å². The van der Waals surface area contributed by atoms with Crippen LogP contribution in [-0.2, 0) is 9.59 Å². The van der Waals surface area contributed by atoms with E-state index in [9.17, 15) is 9.59 Å². The summed E-state index contributed by atoms with van der Waals surface area (Å²) in [6.07, 6.45) is 4.10. The van der Waals surface area contributed by atoms with Crippen molar-refractivity contribution in [2.75, 3.05) is 6.54 Å². The van der Waals surface area contributed by atoms with E-state index in [4.69, 9.17) is 17.3 Å². The van der Waals surface area contributed by atoms with Crippen LogP contribution >= 0.6 is 11.6 Å². The van der Waals surface area contributed by atoms with Gasteiger partial charge < -0.3 is 10.6 Å². The third-order valence-corrected chi connectivity index (χ3v) is 2.90. The second-order valence-electron chi connectivity index (χ2n) is 3.99. The summed E-state index contributed by atoms with van der Waals surface area (Å²) in [6.45, 7) is 1.60. The van der Waals surface area contributed by atoms with Crippen molar-refractivity contribution in [3.63, 3.8) is 0 Å². The molecule has 1 rings (SSSR count). The van der Waals surface area contributed by atoms with E-state index < -0.39 is 11.3 Å². The van der Waals surface area contributed by atoms with Crippen LogP contribution in [0.3, 0.4) is 0 Å². The van der Waals surface area contributed by atoms with E-state index in [0.717, 1.165) is 25.7 Å². The molecule has 0 radical (unpaired) electrons. The molecule has 15 heavy (non-hydrogen) atoms. The van der Waals surface area contributed by atoms with Crippen LogP contribution in [0.5, 0.6) is 0 Å². The number of hydrogen-bond acceptors (Lipinski definition) is 2. The lowest BCUT2D eigenvalue weighted by Crippen LogP contribution is -2.46. The van der Waals surface area contributed by atoms with Crippen LogP contribution in [0, 0.1) is 0 Å². The van der Waals surface area contributed by atoms with Crippen LogP contribution in [0.4, 0.5) is 0 Å². The molecule has 2 N–H and O–H groups in total. The molecule has 0 saturated heterocycles. The largest absolute Gasteiger partial charge is 0.368 e. The highest BCUT2D eigenvalue weighted by molar-refractivity contribution is 6.30. The fourth-order valence-electron chi connectivity index (χ4n) is 2.00.